The molecule has 0 saturated carbocycles. The van der Waals surface area contributed by atoms with Gasteiger partial charge in [0.05, 0.1) is 12.0 Å². The first-order chi connectivity index (χ1) is 8.10. The number of carbonyl (C=O) groups is 1. The van der Waals surface area contributed by atoms with Crippen LogP contribution in [0.2, 0.25) is 0 Å². The summed E-state index contributed by atoms with van der Waals surface area (Å²) in [6.07, 6.45) is 8.50. The van der Waals surface area contributed by atoms with Crippen molar-refractivity contribution < 1.29 is 9.53 Å². The lowest BCUT2D eigenvalue weighted by atomic mass is 9.80. The molecule has 0 bridgehead atoms. The van der Waals surface area contributed by atoms with Gasteiger partial charge >= 0.3 is 5.97 Å². The van der Waals surface area contributed by atoms with Crippen molar-refractivity contribution in [2.24, 2.45) is 5.41 Å². The highest BCUT2D eigenvalue weighted by atomic mass is 16.5. The van der Waals surface area contributed by atoms with Crippen LogP contribution in [0.25, 0.3) is 0 Å². The molecule has 0 heterocycles. The highest BCUT2D eigenvalue weighted by Gasteiger charge is 2.33. The maximum Gasteiger partial charge on any atom is 0.311 e. The van der Waals surface area contributed by atoms with Gasteiger partial charge in [0.2, 0.25) is 0 Å². The Bertz CT molecular complexity index is 197. The maximum absolute atomic E-state index is 12.1. The zero-order chi connectivity index (χ0) is 13.1. The molecule has 0 saturated heterocycles. The van der Waals surface area contributed by atoms with Crippen LogP contribution in [0.5, 0.6) is 0 Å². The minimum Gasteiger partial charge on any atom is -0.465 e. The molecule has 0 amide bonds. The molecular formula is C15H33NO2. The summed E-state index contributed by atoms with van der Waals surface area (Å²) in [5.41, 5.74) is -0.250. The van der Waals surface area contributed by atoms with E-state index >= 15 is 0 Å². The SMILES string of the molecule is CCCCOC(=O)C(C)(CCCC)CCCC.N. The van der Waals surface area contributed by atoms with E-state index in [0.29, 0.717) is 6.61 Å². The van der Waals surface area contributed by atoms with Gasteiger partial charge in [0.25, 0.3) is 0 Å². The Morgan fingerprint density at radius 3 is 1.78 bits per heavy atom. The third-order valence-corrected chi connectivity index (χ3v) is 3.39. The molecule has 0 atom stereocenters. The van der Waals surface area contributed by atoms with Gasteiger partial charge in [-0.1, -0.05) is 52.9 Å². The number of rotatable bonds is 10. The largest absolute Gasteiger partial charge is 0.465 e. The molecule has 0 spiro atoms. The fourth-order valence-electron chi connectivity index (χ4n) is 1.95. The predicted molar refractivity (Wildman–Crippen MR) is 78.0 cm³/mol. The number of esters is 1. The van der Waals surface area contributed by atoms with Crippen molar-refractivity contribution in [1.82, 2.24) is 6.15 Å². The minimum atomic E-state index is -0.250. The van der Waals surface area contributed by atoms with Gasteiger partial charge < -0.3 is 10.9 Å². The van der Waals surface area contributed by atoms with Crippen molar-refractivity contribution in [3.05, 3.63) is 0 Å². The summed E-state index contributed by atoms with van der Waals surface area (Å²) in [5, 5.41) is 0. The van der Waals surface area contributed by atoms with Gasteiger partial charge in [-0.05, 0) is 26.2 Å². The zero-order valence-corrected chi connectivity index (χ0v) is 12.9. The summed E-state index contributed by atoms with van der Waals surface area (Å²) in [6, 6.07) is 0. The van der Waals surface area contributed by atoms with Crippen LogP contribution < -0.4 is 6.15 Å². The smallest absolute Gasteiger partial charge is 0.311 e. The fraction of sp³-hybridized carbons (Fsp3) is 0.933. The number of hydrogen-bond acceptors (Lipinski definition) is 3. The lowest BCUT2D eigenvalue weighted by Crippen LogP contribution is -2.30. The second kappa shape index (κ2) is 11.5. The monoisotopic (exact) mass is 259 g/mol. The average Bonchev–Trinajstić information content (AvgIpc) is 2.34. The third-order valence-electron chi connectivity index (χ3n) is 3.39. The molecule has 0 fully saturated rings. The molecule has 0 unspecified atom stereocenters. The molecule has 0 aromatic rings. The maximum atomic E-state index is 12.1. The first-order valence-corrected chi connectivity index (χ1v) is 7.28. The summed E-state index contributed by atoms with van der Waals surface area (Å²) < 4.78 is 5.40. The molecular weight excluding hydrogens is 226 g/mol. The van der Waals surface area contributed by atoms with Crippen molar-refractivity contribution in [1.29, 1.82) is 0 Å². The molecule has 0 rings (SSSR count). The number of hydrogen-bond donors (Lipinski definition) is 1. The van der Waals surface area contributed by atoms with Crippen LogP contribution in [0.1, 0.15) is 79.1 Å². The van der Waals surface area contributed by atoms with Crippen LogP contribution >= 0.6 is 0 Å². The lowest BCUT2D eigenvalue weighted by Gasteiger charge is -2.27. The first-order valence-electron chi connectivity index (χ1n) is 7.28. The van der Waals surface area contributed by atoms with E-state index in [4.69, 9.17) is 4.74 Å². The molecule has 3 N–H and O–H groups in total. The highest BCUT2D eigenvalue weighted by molar-refractivity contribution is 5.76. The van der Waals surface area contributed by atoms with Gasteiger partial charge in [0.1, 0.15) is 0 Å². The molecule has 0 aromatic carbocycles. The van der Waals surface area contributed by atoms with Crippen LogP contribution in [0.15, 0.2) is 0 Å². The molecule has 3 nitrogen and oxygen atoms in total. The van der Waals surface area contributed by atoms with Crippen LogP contribution in [-0.4, -0.2) is 12.6 Å². The summed E-state index contributed by atoms with van der Waals surface area (Å²) >= 11 is 0. The zero-order valence-electron chi connectivity index (χ0n) is 12.9. The van der Waals surface area contributed by atoms with Crippen LogP contribution in [0.4, 0.5) is 0 Å². The Balaban J connectivity index is 0. The van der Waals surface area contributed by atoms with E-state index in [2.05, 4.69) is 27.7 Å². The van der Waals surface area contributed by atoms with Crippen LogP contribution in [-0.2, 0) is 9.53 Å². The Kier molecular flexibility index (Phi) is 12.6. The summed E-state index contributed by atoms with van der Waals surface area (Å²) in [6.45, 7) is 9.11. The van der Waals surface area contributed by atoms with E-state index in [1.54, 1.807) is 0 Å². The van der Waals surface area contributed by atoms with Crippen molar-refractivity contribution in [2.75, 3.05) is 6.61 Å². The highest BCUT2D eigenvalue weighted by Crippen LogP contribution is 2.32. The fourth-order valence-corrected chi connectivity index (χ4v) is 1.95. The van der Waals surface area contributed by atoms with Gasteiger partial charge in [-0.25, -0.2) is 0 Å². The van der Waals surface area contributed by atoms with Gasteiger partial charge in [-0.2, -0.15) is 0 Å². The quantitative estimate of drug-likeness (QED) is 0.449. The Morgan fingerprint density at radius 2 is 1.39 bits per heavy atom. The van der Waals surface area contributed by atoms with Crippen LogP contribution in [0, 0.1) is 5.41 Å². The van der Waals surface area contributed by atoms with E-state index in [9.17, 15) is 4.79 Å². The summed E-state index contributed by atoms with van der Waals surface area (Å²) in [7, 11) is 0. The Labute approximate surface area is 113 Å². The van der Waals surface area contributed by atoms with E-state index in [1.165, 1.54) is 0 Å². The first kappa shape index (κ1) is 19.8. The van der Waals surface area contributed by atoms with Crippen molar-refractivity contribution in [3.63, 3.8) is 0 Å². The molecule has 18 heavy (non-hydrogen) atoms. The van der Waals surface area contributed by atoms with E-state index in [-0.39, 0.29) is 17.5 Å². The Hall–Kier alpha value is -0.570. The van der Waals surface area contributed by atoms with E-state index in [1.807, 2.05) is 0 Å². The normalized spacial score (nSPS) is 10.9. The van der Waals surface area contributed by atoms with Gasteiger partial charge in [-0.15, -0.1) is 0 Å². The third kappa shape index (κ3) is 7.70. The Morgan fingerprint density at radius 1 is 0.944 bits per heavy atom. The molecule has 0 aliphatic carbocycles. The molecule has 3 heteroatoms. The summed E-state index contributed by atoms with van der Waals surface area (Å²) in [5.74, 6) is 0.0212. The molecule has 110 valence electrons. The van der Waals surface area contributed by atoms with E-state index in [0.717, 1.165) is 51.4 Å². The topological polar surface area (TPSA) is 61.3 Å². The molecule has 0 aliphatic heterocycles. The van der Waals surface area contributed by atoms with E-state index < -0.39 is 0 Å². The number of unbranched alkanes of at least 4 members (excludes halogenated alkanes) is 3. The summed E-state index contributed by atoms with van der Waals surface area (Å²) in [4.78, 5) is 12.1. The van der Waals surface area contributed by atoms with Gasteiger partial charge in [0, 0.05) is 0 Å². The van der Waals surface area contributed by atoms with Gasteiger partial charge in [0.15, 0.2) is 0 Å². The number of carbonyl (C=O) groups excluding carboxylic acids is 1. The standard InChI is InChI=1S/C15H30O2.H3N/c1-5-8-11-15(4,12-9-6-2)14(16)17-13-10-7-3;/h5-13H2,1-4H3;1H3. The van der Waals surface area contributed by atoms with Crippen molar-refractivity contribution in [2.45, 2.75) is 79.1 Å². The second-order valence-corrected chi connectivity index (χ2v) is 5.26. The minimum absolute atomic E-state index is 0. The van der Waals surface area contributed by atoms with Crippen molar-refractivity contribution >= 4 is 5.97 Å². The molecule has 0 aromatic heterocycles. The molecule has 0 aliphatic rings. The van der Waals surface area contributed by atoms with Crippen LogP contribution in [0.3, 0.4) is 0 Å². The average molecular weight is 259 g/mol. The molecule has 0 radical (unpaired) electrons. The second-order valence-electron chi connectivity index (χ2n) is 5.26. The number of ether oxygens (including phenoxy) is 1. The van der Waals surface area contributed by atoms with Gasteiger partial charge in [-0.3, -0.25) is 4.79 Å². The predicted octanol–water partition coefficient (Wildman–Crippen LogP) is 4.88. The van der Waals surface area contributed by atoms with Crippen molar-refractivity contribution in [3.8, 4) is 0 Å². The lowest BCUT2D eigenvalue weighted by molar-refractivity contribution is -0.156.